The first-order chi connectivity index (χ1) is 19.5. The van der Waals surface area contributed by atoms with Crippen LogP contribution in [-0.2, 0) is 24.8 Å². The lowest BCUT2D eigenvalue weighted by Crippen LogP contribution is -2.40. The number of hydrogen-bond donors (Lipinski definition) is 0. The predicted octanol–water partition coefficient (Wildman–Crippen LogP) is 4.68. The Balaban J connectivity index is 1.13. The van der Waals surface area contributed by atoms with Gasteiger partial charge in [-0.2, -0.15) is 5.10 Å². The average molecular weight is 537 g/mol. The number of hydrogen-bond acceptors (Lipinski definition) is 6. The number of rotatable bonds is 7. The van der Waals surface area contributed by atoms with E-state index in [0.717, 1.165) is 47.4 Å². The zero-order chi connectivity index (χ0) is 27.5. The van der Waals surface area contributed by atoms with Gasteiger partial charge < -0.3 is 4.90 Å². The van der Waals surface area contributed by atoms with Gasteiger partial charge >= 0.3 is 0 Å². The Hall–Kier alpha value is -3.91. The largest absolute Gasteiger partial charge is 0.339 e. The van der Waals surface area contributed by atoms with E-state index in [-0.39, 0.29) is 17.6 Å². The van der Waals surface area contributed by atoms with Crippen molar-refractivity contribution in [2.75, 3.05) is 26.2 Å². The smallest absolute Gasteiger partial charge is 0.253 e. The van der Waals surface area contributed by atoms with Crippen LogP contribution < -0.4 is 0 Å². The van der Waals surface area contributed by atoms with Gasteiger partial charge in [0.2, 0.25) is 0 Å². The van der Waals surface area contributed by atoms with E-state index in [2.05, 4.69) is 26.0 Å². The summed E-state index contributed by atoms with van der Waals surface area (Å²) in [6.07, 6.45) is 11.1. The molecule has 8 nitrogen and oxygen atoms in total. The molecule has 0 atom stereocenters. The highest BCUT2D eigenvalue weighted by Crippen LogP contribution is 2.28. The lowest BCUT2D eigenvalue weighted by molar-refractivity contribution is -0.123. The molecule has 2 fully saturated rings. The van der Waals surface area contributed by atoms with E-state index in [4.69, 9.17) is 0 Å². The summed E-state index contributed by atoms with van der Waals surface area (Å²) < 4.78 is 1.98. The van der Waals surface area contributed by atoms with Crippen LogP contribution in [0, 0.1) is 5.92 Å². The van der Waals surface area contributed by atoms with E-state index in [9.17, 15) is 9.59 Å². The van der Waals surface area contributed by atoms with Crippen molar-refractivity contribution in [3.05, 3.63) is 78.0 Å². The molecule has 0 saturated carbocycles. The number of amides is 1. The van der Waals surface area contributed by atoms with Crippen molar-refractivity contribution in [1.29, 1.82) is 0 Å². The molecule has 1 amide bonds. The second-order valence-corrected chi connectivity index (χ2v) is 11.1. The fourth-order valence-electron chi connectivity index (χ4n) is 6.03. The maximum Gasteiger partial charge on any atom is 0.253 e. The highest BCUT2D eigenvalue weighted by atomic mass is 16.2. The van der Waals surface area contributed by atoms with Crippen LogP contribution in [0.15, 0.2) is 61.1 Å². The molecule has 0 aliphatic carbocycles. The first-order valence-corrected chi connectivity index (χ1v) is 14.4. The minimum absolute atomic E-state index is 0.0405. The first-order valence-electron chi connectivity index (χ1n) is 14.4. The topological polar surface area (TPSA) is 84.2 Å². The van der Waals surface area contributed by atoms with Crippen molar-refractivity contribution in [1.82, 2.24) is 29.5 Å². The Morgan fingerprint density at radius 3 is 2.45 bits per heavy atom. The summed E-state index contributed by atoms with van der Waals surface area (Å²) in [6.45, 7) is 4.36. The Morgan fingerprint density at radius 1 is 0.900 bits per heavy atom. The molecule has 2 saturated heterocycles. The number of pyridine rings is 2. The molecule has 4 aromatic rings. The number of fused-ring (bicyclic) bond motifs is 1. The number of aryl methyl sites for hydroxylation is 1. The molecule has 8 heteroatoms. The van der Waals surface area contributed by atoms with Crippen LogP contribution >= 0.6 is 0 Å². The van der Waals surface area contributed by atoms with Gasteiger partial charge in [0.05, 0.1) is 23.6 Å². The number of piperidine rings is 2. The third kappa shape index (κ3) is 5.68. The molecule has 1 aromatic carbocycles. The average Bonchev–Trinajstić information content (AvgIpc) is 3.37. The summed E-state index contributed by atoms with van der Waals surface area (Å²) in [5, 5.41) is 5.54. The van der Waals surface area contributed by atoms with E-state index in [1.807, 2.05) is 65.4 Å². The van der Waals surface area contributed by atoms with Gasteiger partial charge in [-0.15, -0.1) is 0 Å². The standard InChI is InChI=1S/C32H36N6O2/c1-36-30(22-37-12-6-3-7-13-37)28(20-35-36)26-16-25-17-27(33-21-29(25)34-19-26)18-31(39)23-10-14-38(15-11-23)32(40)24-8-4-2-5-9-24/h2,4-5,8-9,16-17,19-21,23H,3,6-7,10-15,18,22H2,1H3. The number of nitrogens with zero attached hydrogens (tertiary/aromatic N) is 6. The van der Waals surface area contributed by atoms with Crippen LogP contribution in [0.1, 0.15) is 53.8 Å². The lowest BCUT2D eigenvalue weighted by Gasteiger charge is -2.31. The van der Waals surface area contributed by atoms with Gasteiger partial charge in [-0.25, -0.2) is 0 Å². The van der Waals surface area contributed by atoms with Crippen LogP contribution in [-0.4, -0.2) is 67.4 Å². The Bertz CT molecular complexity index is 1500. The number of ketones is 1. The van der Waals surface area contributed by atoms with Crippen molar-refractivity contribution < 1.29 is 9.59 Å². The second-order valence-electron chi connectivity index (χ2n) is 11.1. The second kappa shape index (κ2) is 11.7. The molecule has 0 unspecified atom stereocenters. The number of carbonyl (C=O) groups excluding carboxylic acids is 2. The van der Waals surface area contributed by atoms with E-state index >= 15 is 0 Å². The quantitative estimate of drug-likeness (QED) is 0.341. The van der Waals surface area contributed by atoms with Crippen molar-refractivity contribution in [3.63, 3.8) is 0 Å². The molecule has 40 heavy (non-hydrogen) atoms. The number of Topliss-reactive ketones (excluding diaryl/α,β-unsaturated/α-hetero) is 1. The maximum atomic E-state index is 13.2. The number of aromatic nitrogens is 4. The monoisotopic (exact) mass is 536 g/mol. The lowest BCUT2D eigenvalue weighted by atomic mass is 9.90. The summed E-state index contributed by atoms with van der Waals surface area (Å²) in [7, 11) is 2.01. The third-order valence-electron chi connectivity index (χ3n) is 8.43. The summed E-state index contributed by atoms with van der Waals surface area (Å²) >= 11 is 0. The van der Waals surface area contributed by atoms with Crippen molar-refractivity contribution in [2.45, 2.75) is 45.1 Å². The Kier molecular flexibility index (Phi) is 7.68. The van der Waals surface area contributed by atoms with E-state index in [1.165, 1.54) is 25.0 Å². The molecule has 2 aliphatic rings. The molecule has 0 spiro atoms. The Labute approximate surface area is 235 Å². The molecular formula is C32H36N6O2. The molecule has 0 N–H and O–H groups in total. The fraction of sp³-hybridized carbons (Fsp3) is 0.406. The normalized spacial score (nSPS) is 16.9. The maximum absolute atomic E-state index is 13.2. The molecule has 6 rings (SSSR count). The van der Waals surface area contributed by atoms with Gasteiger partial charge in [0.25, 0.3) is 5.91 Å². The summed E-state index contributed by atoms with van der Waals surface area (Å²) in [4.78, 5) is 39.6. The van der Waals surface area contributed by atoms with Gasteiger partial charge in [-0.3, -0.25) is 29.1 Å². The summed E-state index contributed by atoms with van der Waals surface area (Å²) in [6, 6.07) is 13.5. The fourth-order valence-corrected chi connectivity index (χ4v) is 6.03. The first kappa shape index (κ1) is 26.3. The van der Waals surface area contributed by atoms with Crippen LogP contribution in [0.3, 0.4) is 0 Å². The van der Waals surface area contributed by atoms with Gasteiger partial charge in [0, 0.05) is 73.0 Å². The highest BCUT2D eigenvalue weighted by molar-refractivity contribution is 5.94. The zero-order valence-corrected chi connectivity index (χ0v) is 23.1. The molecular weight excluding hydrogens is 500 g/mol. The van der Waals surface area contributed by atoms with Gasteiger partial charge in [-0.1, -0.05) is 24.6 Å². The van der Waals surface area contributed by atoms with Crippen LogP contribution in [0.2, 0.25) is 0 Å². The van der Waals surface area contributed by atoms with Crippen molar-refractivity contribution >= 4 is 22.6 Å². The molecule has 5 heterocycles. The van der Waals surface area contributed by atoms with Gasteiger partial charge in [-0.05, 0) is 63.0 Å². The van der Waals surface area contributed by atoms with Crippen LogP contribution in [0.25, 0.3) is 22.0 Å². The van der Waals surface area contributed by atoms with E-state index < -0.39 is 0 Å². The van der Waals surface area contributed by atoms with Gasteiger partial charge in [0.15, 0.2) is 0 Å². The summed E-state index contributed by atoms with van der Waals surface area (Å²) in [5.41, 5.74) is 5.61. The number of likely N-dealkylation sites (tertiary alicyclic amines) is 2. The van der Waals surface area contributed by atoms with E-state index in [1.54, 1.807) is 6.20 Å². The van der Waals surface area contributed by atoms with Crippen LogP contribution in [0.4, 0.5) is 0 Å². The van der Waals surface area contributed by atoms with Crippen molar-refractivity contribution in [3.8, 4) is 11.1 Å². The molecule has 3 aromatic heterocycles. The predicted molar refractivity (Wildman–Crippen MR) is 155 cm³/mol. The minimum Gasteiger partial charge on any atom is -0.339 e. The Morgan fingerprint density at radius 2 is 1.68 bits per heavy atom. The number of benzene rings is 1. The zero-order valence-electron chi connectivity index (χ0n) is 23.1. The molecule has 2 aliphatic heterocycles. The van der Waals surface area contributed by atoms with Crippen LogP contribution in [0.5, 0.6) is 0 Å². The number of carbonyl (C=O) groups is 2. The SMILES string of the molecule is Cn1ncc(-c2cnc3cnc(CC(=O)C4CCN(C(=O)c5ccccc5)CC4)cc3c2)c1CN1CCCCC1. The van der Waals surface area contributed by atoms with Gasteiger partial charge in [0.1, 0.15) is 5.78 Å². The minimum atomic E-state index is -0.0467. The molecule has 0 bridgehead atoms. The highest BCUT2D eigenvalue weighted by Gasteiger charge is 2.28. The molecule has 206 valence electrons. The third-order valence-corrected chi connectivity index (χ3v) is 8.43. The molecule has 0 radical (unpaired) electrons. The summed E-state index contributed by atoms with van der Waals surface area (Å²) in [5.74, 6) is 0.187. The van der Waals surface area contributed by atoms with Crippen molar-refractivity contribution in [2.24, 2.45) is 13.0 Å². The van der Waals surface area contributed by atoms with E-state index in [0.29, 0.717) is 37.9 Å².